The van der Waals surface area contributed by atoms with Crippen molar-refractivity contribution in [1.82, 2.24) is 5.32 Å². The van der Waals surface area contributed by atoms with Gasteiger partial charge in [-0.25, -0.2) is 0 Å². The minimum absolute atomic E-state index is 0.0841. The van der Waals surface area contributed by atoms with E-state index >= 15 is 0 Å². The number of nitrogens with one attached hydrogen (secondary N) is 1. The molecule has 0 radical (unpaired) electrons. The Morgan fingerprint density at radius 1 is 1.14 bits per heavy atom. The fourth-order valence-corrected chi connectivity index (χ4v) is 3.01. The van der Waals surface area contributed by atoms with Crippen molar-refractivity contribution in [2.75, 3.05) is 13.2 Å². The molecular weight excluding hydrogens is 354 g/mol. The molecule has 1 N–H and O–H groups in total. The van der Waals surface area contributed by atoms with Gasteiger partial charge in [0.15, 0.2) is 17.6 Å². The van der Waals surface area contributed by atoms with Crippen molar-refractivity contribution >= 4 is 5.91 Å². The normalized spacial score (nSPS) is 16.9. The molecular formula is C23H29NO4. The standard InChI is InChI=1S/C23H29NO4/c1-5-19(27-17-12-10-16(11-13-17)23(2,3)4)22(25)24-14-18-15-26-20-8-6-7-9-21(20)28-18/h6-13,18-19H,5,14-15H2,1-4H3,(H,24,25). The fraction of sp³-hybridized carbons (Fsp3) is 0.435. The maximum absolute atomic E-state index is 12.6. The number of rotatable bonds is 6. The maximum Gasteiger partial charge on any atom is 0.261 e. The quantitative estimate of drug-likeness (QED) is 0.816. The predicted octanol–water partition coefficient (Wildman–Crippen LogP) is 4.10. The molecule has 2 aromatic rings. The van der Waals surface area contributed by atoms with Crippen LogP contribution in [0.2, 0.25) is 0 Å². The van der Waals surface area contributed by atoms with Gasteiger partial charge in [-0.2, -0.15) is 0 Å². The monoisotopic (exact) mass is 383 g/mol. The lowest BCUT2D eigenvalue weighted by molar-refractivity contribution is -0.128. The van der Waals surface area contributed by atoms with Crippen molar-refractivity contribution in [3.05, 3.63) is 54.1 Å². The zero-order chi connectivity index (χ0) is 20.1. The van der Waals surface area contributed by atoms with E-state index in [1.165, 1.54) is 5.56 Å². The Morgan fingerprint density at radius 3 is 2.46 bits per heavy atom. The summed E-state index contributed by atoms with van der Waals surface area (Å²) in [4.78, 5) is 12.6. The van der Waals surface area contributed by atoms with Gasteiger partial charge in [0.2, 0.25) is 0 Å². The lowest BCUT2D eigenvalue weighted by Gasteiger charge is -2.27. The minimum Gasteiger partial charge on any atom is -0.486 e. The number of benzene rings is 2. The SMILES string of the molecule is CCC(Oc1ccc(C(C)(C)C)cc1)C(=O)NCC1COc2ccccc2O1. The van der Waals surface area contributed by atoms with Gasteiger partial charge in [0, 0.05) is 0 Å². The molecule has 150 valence electrons. The lowest BCUT2D eigenvalue weighted by Crippen LogP contribution is -2.45. The number of carbonyl (C=O) groups is 1. The number of fused-ring (bicyclic) bond motifs is 1. The first-order valence-corrected chi connectivity index (χ1v) is 9.80. The van der Waals surface area contributed by atoms with Crippen molar-refractivity contribution in [1.29, 1.82) is 0 Å². The summed E-state index contributed by atoms with van der Waals surface area (Å²) in [5.74, 6) is 1.99. The minimum atomic E-state index is -0.544. The first kappa shape index (κ1) is 20.1. The van der Waals surface area contributed by atoms with Crippen molar-refractivity contribution in [2.45, 2.75) is 51.7 Å². The number of hydrogen-bond acceptors (Lipinski definition) is 4. The van der Waals surface area contributed by atoms with E-state index in [-0.39, 0.29) is 17.4 Å². The van der Waals surface area contributed by atoms with Crippen LogP contribution in [0.4, 0.5) is 0 Å². The molecule has 5 nitrogen and oxygen atoms in total. The zero-order valence-electron chi connectivity index (χ0n) is 17.0. The first-order valence-electron chi connectivity index (χ1n) is 9.80. The van der Waals surface area contributed by atoms with Gasteiger partial charge in [0.1, 0.15) is 18.5 Å². The zero-order valence-corrected chi connectivity index (χ0v) is 17.0. The number of carbonyl (C=O) groups excluding carboxylic acids is 1. The van der Waals surface area contributed by atoms with Gasteiger partial charge in [-0.3, -0.25) is 4.79 Å². The van der Waals surface area contributed by atoms with Crippen LogP contribution in [0.5, 0.6) is 17.2 Å². The Labute approximate surface area is 167 Å². The summed E-state index contributed by atoms with van der Waals surface area (Å²) in [6.07, 6.45) is -0.183. The van der Waals surface area contributed by atoms with Crippen molar-refractivity contribution < 1.29 is 19.0 Å². The number of ether oxygens (including phenoxy) is 3. The van der Waals surface area contributed by atoms with Crippen LogP contribution in [-0.4, -0.2) is 31.3 Å². The third-order valence-corrected chi connectivity index (χ3v) is 4.73. The van der Waals surface area contributed by atoms with Gasteiger partial charge in [-0.15, -0.1) is 0 Å². The second kappa shape index (κ2) is 8.55. The summed E-state index contributed by atoms with van der Waals surface area (Å²) in [5, 5.41) is 2.92. The fourth-order valence-electron chi connectivity index (χ4n) is 3.01. The second-order valence-electron chi connectivity index (χ2n) is 8.03. The molecule has 1 aliphatic heterocycles. The van der Waals surface area contributed by atoms with E-state index in [9.17, 15) is 4.79 Å². The molecule has 0 fully saturated rings. The molecule has 0 saturated carbocycles. The maximum atomic E-state index is 12.6. The summed E-state index contributed by atoms with van der Waals surface area (Å²) < 4.78 is 17.5. The van der Waals surface area contributed by atoms with E-state index in [2.05, 4.69) is 26.1 Å². The van der Waals surface area contributed by atoms with Crippen molar-refractivity contribution in [3.63, 3.8) is 0 Å². The number of amides is 1. The summed E-state index contributed by atoms with van der Waals surface area (Å²) in [7, 11) is 0. The largest absolute Gasteiger partial charge is 0.486 e. The van der Waals surface area contributed by atoms with E-state index in [1.807, 2.05) is 55.5 Å². The van der Waals surface area contributed by atoms with Crippen LogP contribution in [0.25, 0.3) is 0 Å². The third kappa shape index (κ3) is 4.97. The topological polar surface area (TPSA) is 56.8 Å². The smallest absolute Gasteiger partial charge is 0.261 e. The van der Waals surface area contributed by atoms with E-state index in [0.717, 1.165) is 5.75 Å². The van der Waals surface area contributed by atoms with Gasteiger partial charge < -0.3 is 19.5 Å². The molecule has 0 aromatic heterocycles. The Bertz CT molecular complexity index is 795. The van der Waals surface area contributed by atoms with Crippen LogP contribution in [-0.2, 0) is 10.2 Å². The Balaban J connectivity index is 1.53. The van der Waals surface area contributed by atoms with E-state index < -0.39 is 6.10 Å². The predicted molar refractivity (Wildman–Crippen MR) is 109 cm³/mol. The highest BCUT2D eigenvalue weighted by Gasteiger charge is 2.24. The molecule has 2 atom stereocenters. The van der Waals surface area contributed by atoms with E-state index in [1.54, 1.807) is 0 Å². The van der Waals surface area contributed by atoms with Crippen LogP contribution in [0.1, 0.15) is 39.7 Å². The molecule has 2 unspecified atom stereocenters. The van der Waals surface area contributed by atoms with Crippen molar-refractivity contribution in [3.8, 4) is 17.2 Å². The van der Waals surface area contributed by atoms with Crippen LogP contribution < -0.4 is 19.5 Å². The summed E-state index contributed by atoms with van der Waals surface area (Å²) in [6.45, 7) is 9.21. The van der Waals surface area contributed by atoms with Gasteiger partial charge in [-0.05, 0) is 41.7 Å². The Kier molecular flexibility index (Phi) is 6.12. The number of para-hydroxylation sites is 2. The molecule has 0 saturated heterocycles. The average Bonchev–Trinajstić information content (AvgIpc) is 2.69. The molecule has 1 amide bonds. The molecule has 2 aromatic carbocycles. The molecule has 5 heteroatoms. The van der Waals surface area contributed by atoms with Gasteiger partial charge in [-0.1, -0.05) is 52.0 Å². The molecule has 3 rings (SSSR count). The number of hydrogen-bond donors (Lipinski definition) is 1. The van der Waals surface area contributed by atoms with Gasteiger partial charge >= 0.3 is 0 Å². The highest BCUT2D eigenvalue weighted by atomic mass is 16.6. The highest BCUT2D eigenvalue weighted by molar-refractivity contribution is 5.81. The van der Waals surface area contributed by atoms with Gasteiger partial charge in [0.05, 0.1) is 6.54 Å². The second-order valence-corrected chi connectivity index (χ2v) is 8.03. The molecule has 0 spiro atoms. The molecule has 1 aliphatic rings. The van der Waals surface area contributed by atoms with Crippen LogP contribution in [0, 0.1) is 0 Å². The summed E-state index contributed by atoms with van der Waals surface area (Å²) >= 11 is 0. The van der Waals surface area contributed by atoms with E-state index in [4.69, 9.17) is 14.2 Å². The third-order valence-electron chi connectivity index (χ3n) is 4.73. The van der Waals surface area contributed by atoms with Crippen LogP contribution in [0.15, 0.2) is 48.5 Å². The first-order chi connectivity index (χ1) is 13.4. The highest BCUT2D eigenvalue weighted by Crippen LogP contribution is 2.30. The van der Waals surface area contributed by atoms with Crippen LogP contribution >= 0.6 is 0 Å². The molecule has 1 heterocycles. The Morgan fingerprint density at radius 2 is 1.82 bits per heavy atom. The molecule has 0 aliphatic carbocycles. The summed E-state index contributed by atoms with van der Waals surface area (Å²) in [6, 6.07) is 15.5. The lowest BCUT2D eigenvalue weighted by atomic mass is 9.87. The molecule has 0 bridgehead atoms. The average molecular weight is 383 g/mol. The molecule has 28 heavy (non-hydrogen) atoms. The van der Waals surface area contributed by atoms with Crippen molar-refractivity contribution in [2.24, 2.45) is 0 Å². The Hall–Kier alpha value is -2.69. The van der Waals surface area contributed by atoms with Gasteiger partial charge in [0.25, 0.3) is 5.91 Å². The van der Waals surface area contributed by atoms with Crippen LogP contribution in [0.3, 0.4) is 0 Å². The summed E-state index contributed by atoms with van der Waals surface area (Å²) in [5.41, 5.74) is 1.31. The van der Waals surface area contributed by atoms with E-state index in [0.29, 0.717) is 31.1 Å².